The summed E-state index contributed by atoms with van der Waals surface area (Å²) in [4.78, 5) is 0. The van der Waals surface area contributed by atoms with Gasteiger partial charge in [-0.2, -0.15) is 8.42 Å². The number of nitrogens with zero attached hydrogens (tertiary/aromatic N) is 2. The molecule has 0 saturated heterocycles. The second-order valence-corrected chi connectivity index (χ2v) is 5.19. The Labute approximate surface area is 101 Å². The van der Waals surface area contributed by atoms with Crippen LogP contribution in [0.25, 0.3) is 6.20 Å². The molecule has 0 aliphatic carbocycles. The van der Waals surface area contributed by atoms with Gasteiger partial charge in [0.25, 0.3) is 15.9 Å². The molecule has 1 aromatic heterocycles. The number of unbranched alkanes of at least 4 members (excludes halogenated alkanes) is 1. The van der Waals surface area contributed by atoms with E-state index in [2.05, 4.69) is 6.58 Å². The summed E-state index contributed by atoms with van der Waals surface area (Å²) < 4.78 is 33.5. The van der Waals surface area contributed by atoms with Crippen molar-refractivity contribution >= 4 is 16.3 Å². The summed E-state index contributed by atoms with van der Waals surface area (Å²) in [5.74, 6) is 0.872. The fraction of sp³-hybridized carbons (Fsp3) is 0.500. The molecule has 0 aromatic carbocycles. The van der Waals surface area contributed by atoms with Gasteiger partial charge in [0.15, 0.2) is 0 Å². The molecule has 0 aliphatic heterocycles. The molecule has 0 amide bonds. The van der Waals surface area contributed by atoms with E-state index in [9.17, 15) is 8.42 Å². The zero-order valence-electron chi connectivity index (χ0n) is 9.78. The molecule has 6 nitrogen and oxygen atoms in total. The van der Waals surface area contributed by atoms with Crippen molar-refractivity contribution in [3.05, 3.63) is 24.8 Å². The van der Waals surface area contributed by atoms with Crippen LogP contribution in [0.3, 0.4) is 0 Å². The van der Waals surface area contributed by atoms with E-state index in [1.165, 1.54) is 0 Å². The van der Waals surface area contributed by atoms with Crippen molar-refractivity contribution < 1.29 is 23.0 Å². The van der Waals surface area contributed by atoms with Crippen molar-refractivity contribution in [1.29, 1.82) is 0 Å². The first-order valence-corrected chi connectivity index (χ1v) is 6.69. The third-order valence-corrected chi connectivity index (χ3v) is 3.25. The van der Waals surface area contributed by atoms with Crippen molar-refractivity contribution in [2.24, 2.45) is 0 Å². The van der Waals surface area contributed by atoms with Crippen molar-refractivity contribution in [1.82, 2.24) is 4.57 Å². The number of hydrogen-bond donors (Lipinski definition) is 1. The van der Waals surface area contributed by atoms with Crippen molar-refractivity contribution in [3.8, 4) is 0 Å². The molecule has 1 rings (SSSR count). The minimum absolute atomic E-state index is 0. The Morgan fingerprint density at radius 2 is 2.18 bits per heavy atom. The van der Waals surface area contributed by atoms with Crippen LogP contribution in [0.1, 0.15) is 18.7 Å². The van der Waals surface area contributed by atoms with Crippen molar-refractivity contribution in [2.45, 2.75) is 26.3 Å². The predicted molar refractivity (Wildman–Crippen MR) is 63.3 cm³/mol. The van der Waals surface area contributed by atoms with Crippen LogP contribution in [0.15, 0.2) is 19.0 Å². The minimum atomic E-state index is -3.82. The van der Waals surface area contributed by atoms with E-state index in [-0.39, 0.29) is 11.2 Å². The highest BCUT2D eigenvalue weighted by Crippen LogP contribution is 1.97. The fourth-order valence-corrected chi connectivity index (χ4v) is 2.08. The van der Waals surface area contributed by atoms with Gasteiger partial charge >= 0.3 is 0 Å². The number of aromatic nitrogens is 2. The summed E-state index contributed by atoms with van der Waals surface area (Å²) in [6.07, 6.45) is 6.70. The maximum atomic E-state index is 10.5. The molecule has 0 radical (unpaired) electrons. The lowest BCUT2D eigenvalue weighted by Crippen LogP contribution is -2.35. The first kappa shape index (κ1) is 15.8. The molecule has 98 valence electrons. The number of rotatable bonds is 6. The molecule has 0 fully saturated rings. The normalized spacial score (nSPS) is 10.9. The molecule has 0 atom stereocenters. The monoisotopic (exact) mass is 262 g/mol. The molecule has 1 aromatic rings. The van der Waals surface area contributed by atoms with Crippen LogP contribution in [0.4, 0.5) is 0 Å². The Morgan fingerprint density at radius 1 is 1.53 bits per heavy atom. The van der Waals surface area contributed by atoms with Crippen molar-refractivity contribution in [2.75, 3.05) is 5.75 Å². The Balaban J connectivity index is 0.00000256. The number of imidazole rings is 1. The summed E-state index contributed by atoms with van der Waals surface area (Å²) in [7, 11) is -3.82. The van der Waals surface area contributed by atoms with Crippen LogP contribution in [-0.4, -0.2) is 28.8 Å². The highest BCUT2D eigenvalue weighted by Gasteiger charge is 2.10. The second-order valence-electron chi connectivity index (χ2n) is 3.62. The van der Waals surface area contributed by atoms with E-state index in [0.717, 1.165) is 12.4 Å². The van der Waals surface area contributed by atoms with Crippen molar-refractivity contribution in [3.63, 3.8) is 0 Å². The van der Waals surface area contributed by atoms with Gasteiger partial charge < -0.3 is 5.48 Å². The van der Waals surface area contributed by atoms with Gasteiger partial charge in [-0.25, -0.2) is 9.13 Å². The molecular weight excluding hydrogens is 244 g/mol. The van der Waals surface area contributed by atoms with Crippen LogP contribution in [0.2, 0.25) is 0 Å². The van der Waals surface area contributed by atoms with Crippen LogP contribution in [-0.2, 0) is 16.7 Å². The SMILES string of the molecule is C=Cn1cc[n+](CCCCS(=O)(=O)O)c1C.[OH-]. The Hall–Kier alpha value is -1.18. The summed E-state index contributed by atoms with van der Waals surface area (Å²) in [6.45, 7) is 6.37. The standard InChI is InChI=1S/C10H16N2O3S.H2O/c1-3-11-7-8-12(10(11)2)6-4-5-9-16(13,14)15;/h3,7-8H,1,4-6,9H2,2H3;1H2. The maximum absolute atomic E-state index is 10.5. The van der Waals surface area contributed by atoms with E-state index in [4.69, 9.17) is 4.55 Å². The molecule has 0 bridgehead atoms. The highest BCUT2D eigenvalue weighted by atomic mass is 32.2. The highest BCUT2D eigenvalue weighted by molar-refractivity contribution is 7.85. The van der Waals surface area contributed by atoms with Crippen LogP contribution >= 0.6 is 0 Å². The Morgan fingerprint density at radius 3 is 2.65 bits per heavy atom. The summed E-state index contributed by atoms with van der Waals surface area (Å²) in [5, 5.41) is 0. The second kappa shape index (κ2) is 6.53. The van der Waals surface area contributed by atoms with E-state index in [1.807, 2.05) is 28.5 Å². The quantitative estimate of drug-likeness (QED) is 0.463. The summed E-state index contributed by atoms with van der Waals surface area (Å²) >= 11 is 0. The molecule has 2 N–H and O–H groups in total. The molecule has 1 heterocycles. The predicted octanol–water partition coefficient (Wildman–Crippen LogP) is 0.676. The lowest BCUT2D eigenvalue weighted by atomic mass is 10.3. The van der Waals surface area contributed by atoms with Gasteiger partial charge in [0, 0.05) is 6.92 Å². The van der Waals surface area contributed by atoms with Gasteiger partial charge in [0.05, 0.1) is 18.5 Å². The molecule has 0 saturated carbocycles. The zero-order valence-corrected chi connectivity index (χ0v) is 10.6. The maximum Gasteiger partial charge on any atom is 0.264 e. The third-order valence-electron chi connectivity index (χ3n) is 2.44. The number of aryl methyl sites for hydroxylation is 1. The smallest absolute Gasteiger partial charge is 0.264 e. The zero-order chi connectivity index (χ0) is 12.2. The first-order chi connectivity index (χ1) is 7.44. The molecule has 17 heavy (non-hydrogen) atoms. The summed E-state index contributed by atoms with van der Waals surface area (Å²) in [6, 6.07) is 0. The van der Waals surface area contributed by atoms with Crippen LogP contribution in [0, 0.1) is 6.92 Å². The van der Waals surface area contributed by atoms with Gasteiger partial charge in [-0.1, -0.05) is 6.58 Å². The molecular formula is C10H18N2O4S. The van der Waals surface area contributed by atoms with E-state index in [1.54, 1.807) is 6.20 Å². The van der Waals surface area contributed by atoms with E-state index < -0.39 is 10.1 Å². The molecule has 7 heteroatoms. The first-order valence-electron chi connectivity index (χ1n) is 5.08. The average molecular weight is 262 g/mol. The molecule has 0 aliphatic rings. The Bertz CT molecular complexity index is 465. The minimum Gasteiger partial charge on any atom is -0.870 e. The largest absolute Gasteiger partial charge is 0.870 e. The fourth-order valence-electron chi connectivity index (χ4n) is 1.51. The van der Waals surface area contributed by atoms with Gasteiger partial charge in [-0.15, -0.1) is 0 Å². The van der Waals surface area contributed by atoms with Gasteiger partial charge in [0.1, 0.15) is 12.4 Å². The lowest BCUT2D eigenvalue weighted by Gasteiger charge is -1.99. The van der Waals surface area contributed by atoms with Crippen LogP contribution in [0.5, 0.6) is 0 Å². The molecule has 0 unspecified atom stereocenters. The lowest BCUT2D eigenvalue weighted by molar-refractivity contribution is -0.702. The third kappa shape index (κ3) is 5.12. The number of hydrogen-bond acceptors (Lipinski definition) is 3. The van der Waals surface area contributed by atoms with Gasteiger partial charge in [0.2, 0.25) is 0 Å². The summed E-state index contributed by atoms with van der Waals surface area (Å²) in [5.41, 5.74) is 0. The molecule has 0 spiro atoms. The van der Waals surface area contributed by atoms with E-state index >= 15 is 0 Å². The Kier molecular flexibility index (Phi) is 6.08. The van der Waals surface area contributed by atoms with Gasteiger partial charge in [-0.3, -0.25) is 4.55 Å². The topological polar surface area (TPSA) is 93.2 Å². The van der Waals surface area contributed by atoms with Gasteiger partial charge in [-0.05, 0) is 12.8 Å². The average Bonchev–Trinajstić information content (AvgIpc) is 2.53. The van der Waals surface area contributed by atoms with E-state index in [0.29, 0.717) is 12.8 Å². The van der Waals surface area contributed by atoms with Crippen LogP contribution < -0.4 is 4.57 Å².